The van der Waals surface area contributed by atoms with Crippen LogP contribution in [-0.4, -0.2) is 37.5 Å². The van der Waals surface area contributed by atoms with Crippen molar-refractivity contribution in [3.63, 3.8) is 0 Å². The predicted molar refractivity (Wildman–Crippen MR) is 83.0 cm³/mol. The smallest absolute Gasteiger partial charge is 0.227 e. The van der Waals surface area contributed by atoms with Gasteiger partial charge in [0, 0.05) is 23.7 Å². The van der Waals surface area contributed by atoms with E-state index in [1.807, 2.05) is 11.9 Å². The van der Waals surface area contributed by atoms with E-state index in [9.17, 15) is 9.18 Å². The van der Waals surface area contributed by atoms with Crippen LogP contribution in [0.25, 0.3) is 0 Å². The average molecular weight is 313 g/mol. The molecule has 0 aromatic heterocycles. The first kappa shape index (κ1) is 16.2. The van der Waals surface area contributed by atoms with E-state index in [2.05, 4.69) is 5.32 Å². The number of carbonyl (C=O) groups is 1. The highest BCUT2D eigenvalue weighted by Crippen LogP contribution is 2.23. The van der Waals surface area contributed by atoms with Crippen LogP contribution >= 0.6 is 11.6 Å². The number of benzene rings is 1. The number of nitrogens with one attached hydrogen (secondary N) is 1. The third-order valence-electron chi connectivity index (χ3n) is 4.16. The van der Waals surface area contributed by atoms with Crippen LogP contribution in [0.2, 0.25) is 5.02 Å². The Labute approximate surface area is 130 Å². The zero-order valence-electron chi connectivity index (χ0n) is 12.4. The van der Waals surface area contributed by atoms with Crippen LogP contribution in [0.15, 0.2) is 18.2 Å². The molecular formula is C16H22ClFN2O. The van der Waals surface area contributed by atoms with Gasteiger partial charge in [-0.25, -0.2) is 4.39 Å². The van der Waals surface area contributed by atoms with Crippen molar-refractivity contribution in [2.45, 2.75) is 25.7 Å². The lowest BCUT2D eigenvalue weighted by atomic mass is 9.93. The number of halogens is 2. The second-order valence-electron chi connectivity index (χ2n) is 5.59. The largest absolute Gasteiger partial charge is 0.342 e. The highest BCUT2D eigenvalue weighted by atomic mass is 35.5. The number of amides is 1. The minimum absolute atomic E-state index is 0.0333. The van der Waals surface area contributed by atoms with Gasteiger partial charge in [-0.1, -0.05) is 17.7 Å². The summed E-state index contributed by atoms with van der Waals surface area (Å²) in [6.45, 7) is 2.54. The Hall–Kier alpha value is -1.13. The number of likely N-dealkylation sites (tertiary alicyclic amines) is 1. The summed E-state index contributed by atoms with van der Waals surface area (Å²) in [6, 6.07) is 4.52. The zero-order valence-corrected chi connectivity index (χ0v) is 13.1. The van der Waals surface area contributed by atoms with E-state index in [1.54, 1.807) is 12.1 Å². The standard InChI is InChI=1S/C16H22ClFN2O/c1-19-8-5-12-6-9-20(10-7-12)16(21)11-13-14(17)3-2-4-15(13)18/h2-4,12,19H,5-11H2,1H3. The van der Waals surface area contributed by atoms with Gasteiger partial charge in [0.1, 0.15) is 5.82 Å². The number of piperidine rings is 1. The molecule has 1 aromatic rings. The van der Waals surface area contributed by atoms with Crippen LogP contribution in [0.4, 0.5) is 4.39 Å². The van der Waals surface area contributed by atoms with E-state index >= 15 is 0 Å². The quantitative estimate of drug-likeness (QED) is 0.906. The van der Waals surface area contributed by atoms with E-state index < -0.39 is 5.82 Å². The molecule has 1 aliphatic heterocycles. The third kappa shape index (κ3) is 4.42. The minimum atomic E-state index is -0.403. The van der Waals surface area contributed by atoms with Crippen molar-refractivity contribution in [2.24, 2.45) is 5.92 Å². The molecule has 1 fully saturated rings. The summed E-state index contributed by atoms with van der Waals surface area (Å²) in [6.07, 6.45) is 3.25. The van der Waals surface area contributed by atoms with Crippen molar-refractivity contribution in [1.82, 2.24) is 10.2 Å². The molecule has 0 atom stereocenters. The Morgan fingerprint density at radius 2 is 2.14 bits per heavy atom. The van der Waals surface area contributed by atoms with Gasteiger partial charge in [0.2, 0.25) is 5.91 Å². The van der Waals surface area contributed by atoms with Gasteiger partial charge in [-0.2, -0.15) is 0 Å². The Morgan fingerprint density at radius 3 is 2.76 bits per heavy atom. The van der Waals surface area contributed by atoms with Crippen LogP contribution in [0, 0.1) is 11.7 Å². The first-order valence-electron chi connectivity index (χ1n) is 7.47. The molecule has 0 unspecified atom stereocenters. The number of hydrogen-bond acceptors (Lipinski definition) is 2. The molecule has 5 heteroatoms. The van der Waals surface area contributed by atoms with E-state index in [4.69, 9.17) is 11.6 Å². The van der Waals surface area contributed by atoms with Crippen molar-refractivity contribution in [3.05, 3.63) is 34.6 Å². The molecule has 0 spiro atoms. The predicted octanol–water partition coefficient (Wildman–Crippen LogP) is 2.87. The van der Waals surface area contributed by atoms with Gasteiger partial charge in [-0.3, -0.25) is 4.79 Å². The summed E-state index contributed by atoms with van der Waals surface area (Å²) in [5, 5.41) is 3.48. The molecule has 116 valence electrons. The number of hydrogen-bond donors (Lipinski definition) is 1. The van der Waals surface area contributed by atoms with E-state index in [-0.39, 0.29) is 12.3 Å². The third-order valence-corrected chi connectivity index (χ3v) is 4.51. The molecule has 0 radical (unpaired) electrons. The van der Waals surface area contributed by atoms with Crippen molar-refractivity contribution < 1.29 is 9.18 Å². The molecule has 1 heterocycles. The Balaban J connectivity index is 1.88. The fourth-order valence-electron chi connectivity index (χ4n) is 2.78. The molecule has 0 aliphatic carbocycles. The molecule has 2 rings (SSSR count). The fourth-order valence-corrected chi connectivity index (χ4v) is 3.01. The molecule has 1 aromatic carbocycles. The van der Waals surface area contributed by atoms with E-state index in [0.717, 1.165) is 38.9 Å². The molecule has 0 bridgehead atoms. The normalized spacial score (nSPS) is 16.2. The Morgan fingerprint density at radius 1 is 1.43 bits per heavy atom. The maximum Gasteiger partial charge on any atom is 0.227 e. The van der Waals surface area contributed by atoms with Crippen LogP contribution in [0.1, 0.15) is 24.8 Å². The van der Waals surface area contributed by atoms with Gasteiger partial charge in [-0.15, -0.1) is 0 Å². The maximum absolute atomic E-state index is 13.7. The fraction of sp³-hybridized carbons (Fsp3) is 0.562. The summed E-state index contributed by atoms with van der Waals surface area (Å²) < 4.78 is 13.7. The maximum atomic E-state index is 13.7. The molecule has 1 aliphatic rings. The molecule has 1 amide bonds. The zero-order chi connectivity index (χ0) is 15.2. The topological polar surface area (TPSA) is 32.3 Å². The summed E-state index contributed by atoms with van der Waals surface area (Å²) in [7, 11) is 1.96. The Bertz CT molecular complexity index is 467. The van der Waals surface area contributed by atoms with Crippen LogP contribution in [0.5, 0.6) is 0 Å². The number of rotatable bonds is 5. The molecular weight excluding hydrogens is 291 g/mol. The van der Waals surface area contributed by atoms with E-state index in [0.29, 0.717) is 16.5 Å². The van der Waals surface area contributed by atoms with Crippen LogP contribution < -0.4 is 5.32 Å². The van der Waals surface area contributed by atoms with Crippen molar-refractivity contribution in [1.29, 1.82) is 0 Å². The van der Waals surface area contributed by atoms with Gasteiger partial charge in [-0.05, 0) is 50.9 Å². The Kier molecular flexibility index (Phi) is 6.00. The molecule has 1 N–H and O–H groups in total. The molecule has 21 heavy (non-hydrogen) atoms. The monoisotopic (exact) mass is 312 g/mol. The van der Waals surface area contributed by atoms with Gasteiger partial charge in [0.25, 0.3) is 0 Å². The summed E-state index contributed by atoms with van der Waals surface area (Å²) >= 11 is 5.98. The second kappa shape index (κ2) is 7.76. The lowest BCUT2D eigenvalue weighted by Crippen LogP contribution is -2.39. The first-order valence-corrected chi connectivity index (χ1v) is 7.85. The van der Waals surface area contributed by atoms with Gasteiger partial charge >= 0.3 is 0 Å². The molecule has 1 saturated heterocycles. The highest BCUT2D eigenvalue weighted by molar-refractivity contribution is 6.31. The van der Waals surface area contributed by atoms with Crippen molar-refractivity contribution >= 4 is 17.5 Å². The van der Waals surface area contributed by atoms with Crippen LogP contribution in [0.3, 0.4) is 0 Å². The highest BCUT2D eigenvalue weighted by Gasteiger charge is 2.23. The molecule has 0 saturated carbocycles. The summed E-state index contributed by atoms with van der Waals surface area (Å²) in [5.41, 5.74) is 0.307. The first-order chi connectivity index (χ1) is 10.1. The van der Waals surface area contributed by atoms with Gasteiger partial charge in [0.15, 0.2) is 0 Å². The average Bonchev–Trinajstić information content (AvgIpc) is 2.49. The summed E-state index contributed by atoms with van der Waals surface area (Å²) in [4.78, 5) is 14.1. The van der Waals surface area contributed by atoms with E-state index in [1.165, 1.54) is 6.07 Å². The number of carbonyl (C=O) groups excluding carboxylic acids is 1. The van der Waals surface area contributed by atoms with Crippen molar-refractivity contribution in [3.8, 4) is 0 Å². The minimum Gasteiger partial charge on any atom is -0.342 e. The SMILES string of the molecule is CNCCC1CCN(C(=O)Cc2c(F)cccc2Cl)CC1. The van der Waals surface area contributed by atoms with Crippen LogP contribution in [-0.2, 0) is 11.2 Å². The lowest BCUT2D eigenvalue weighted by Gasteiger charge is -2.32. The summed E-state index contributed by atoms with van der Waals surface area (Å²) in [5.74, 6) is 0.243. The second-order valence-corrected chi connectivity index (χ2v) is 6.00. The molecule has 3 nitrogen and oxygen atoms in total. The lowest BCUT2D eigenvalue weighted by molar-refractivity contribution is -0.131. The van der Waals surface area contributed by atoms with Crippen molar-refractivity contribution in [2.75, 3.05) is 26.7 Å². The van der Waals surface area contributed by atoms with Gasteiger partial charge in [0.05, 0.1) is 6.42 Å². The number of nitrogens with zero attached hydrogens (tertiary/aromatic N) is 1. The van der Waals surface area contributed by atoms with Gasteiger partial charge < -0.3 is 10.2 Å².